The Balaban J connectivity index is 1.72. The van der Waals surface area contributed by atoms with Gasteiger partial charge in [0.25, 0.3) is 5.91 Å². The molecule has 3 rings (SSSR count). The average molecular weight is 487 g/mol. The van der Waals surface area contributed by atoms with E-state index >= 15 is 0 Å². The molecular formula is C25H31BrN2O3. The molecule has 2 amide bonds. The van der Waals surface area contributed by atoms with Crippen LogP contribution in [0.15, 0.2) is 46.9 Å². The maximum Gasteiger partial charge on any atom is 0.261 e. The van der Waals surface area contributed by atoms with Crippen molar-refractivity contribution < 1.29 is 14.3 Å². The van der Waals surface area contributed by atoms with Gasteiger partial charge in [0.05, 0.1) is 0 Å². The normalized spacial score (nSPS) is 14.8. The van der Waals surface area contributed by atoms with Crippen molar-refractivity contribution in [3.63, 3.8) is 0 Å². The lowest BCUT2D eigenvalue weighted by Crippen LogP contribution is -2.50. The second kappa shape index (κ2) is 10.8. The monoisotopic (exact) mass is 486 g/mol. The molecular weight excluding hydrogens is 456 g/mol. The molecule has 0 aromatic heterocycles. The minimum Gasteiger partial charge on any atom is -0.484 e. The molecule has 1 aliphatic carbocycles. The van der Waals surface area contributed by atoms with E-state index in [1.807, 2.05) is 56.3 Å². The van der Waals surface area contributed by atoms with E-state index in [1.165, 1.54) is 0 Å². The van der Waals surface area contributed by atoms with Crippen LogP contribution >= 0.6 is 15.9 Å². The molecule has 166 valence electrons. The number of carbonyl (C=O) groups is 2. The molecule has 1 atom stereocenters. The highest BCUT2D eigenvalue weighted by Gasteiger charge is 2.28. The summed E-state index contributed by atoms with van der Waals surface area (Å²) < 4.78 is 6.76. The van der Waals surface area contributed by atoms with Gasteiger partial charge >= 0.3 is 0 Å². The Labute approximate surface area is 193 Å². The zero-order chi connectivity index (χ0) is 22.4. The summed E-state index contributed by atoms with van der Waals surface area (Å²) >= 11 is 3.47. The zero-order valence-corrected chi connectivity index (χ0v) is 20.1. The summed E-state index contributed by atoms with van der Waals surface area (Å²) in [6.07, 6.45) is 4.31. The van der Waals surface area contributed by atoms with Gasteiger partial charge in [-0.05, 0) is 62.9 Å². The van der Waals surface area contributed by atoms with Crippen molar-refractivity contribution in [2.45, 2.75) is 65.1 Å². The largest absolute Gasteiger partial charge is 0.484 e. The maximum atomic E-state index is 13.2. The zero-order valence-electron chi connectivity index (χ0n) is 18.5. The summed E-state index contributed by atoms with van der Waals surface area (Å²) in [5.41, 5.74) is 3.15. The Morgan fingerprint density at radius 2 is 1.90 bits per heavy atom. The molecule has 0 heterocycles. The van der Waals surface area contributed by atoms with Crippen molar-refractivity contribution in [2.75, 3.05) is 6.61 Å². The Kier molecular flexibility index (Phi) is 8.13. The van der Waals surface area contributed by atoms with Gasteiger partial charge in [-0.1, -0.05) is 58.6 Å². The third kappa shape index (κ3) is 6.57. The molecule has 2 aromatic rings. The Morgan fingerprint density at radius 3 is 2.58 bits per heavy atom. The van der Waals surface area contributed by atoms with Gasteiger partial charge in [-0.3, -0.25) is 9.59 Å². The number of halogens is 1. The molecule has 1 N–H and O–H groups in total. The predicted molar refractivity (Wildman–Crippen MR) is 126 cm³/mol. The lowest BCUT2D eigenvalue weighted by Gasteiger charge is -2.29. The quantitative estimate of drug-likeness (QED) is 0.575. The van der Waals surface area contributed by atoms with Crippen molar-refractivity contribution in [2.24, 2.45) is 0 Å². The predicted octanol–water partition coefficient (Wildman–Crippen LogP) is 4.92. The first-order valence-electron chi connectivity index (χ1n) is 10.9. The third-order valence-electron chi connectivity index (χ3n) is 5.80. The van der Waals surface area contributed by atoms with Crippen LogP contribution in [0.5, 0.6) is 5.75 Å². The van der Waals surface area contributed by atoms with Gasteiger partial charge in [-0.15, -0.1) is 0 Å². The first-order valence-corrected chi connectivity index (χ1v) is 11.7. The summed E-state index contributed by atoms with van der Waals surface area (Å²) in [4.78, 5) is 27.7. The molecule has 31 heavy (non-hydrogen) atoms. The van der Waals surface area contributed by atoms with Gasteiger partial charge in [0.15, 0.2) is 6.61 Å². The molecule has 0 radical (unpaired) electrons. The van der Waals surface area contributed by atoms with Gasteiger partial charge in [-0.2, -0.15) is 0 Å². The van der Waals surface area contributed by atoms with E-state index in [4.69, 9.17) is 4.74 Å². The first-order chi connectivity index (χ1) is 14.8. The molecule has 1 saturated carbocycles. The molecule has 6 heteroatoms. The summed E-state index contributed by atoms with van der Waals surface area (Å²) in [6.45, 7) is 6.03. The van der Waals surface area contributed by atoms with Gasteiger partial charge < -0.3 is 15.0 Å². The molecule has 1 fully saturated rings. The smallest absolute Gasteiger partial charge is 0.261 e. The van der Waals surface area contributed by atoms with Crippen LogP contribution in [0.2, 0.25) is 0 Å². The number of carbonyl (C=O) groups excluding carboxylic acids is 2. The number of hydrogen-bond acceptors (Lipinski definition) is 3. The van der Waals surface area contributed by atoms with Crippen LogP contribution in [0.1, 0.15) is 49.3 Å². The molecule has 5 nitrogen and oxygen atoms in total. The van der Waals surface area contributed by atoms with Crippen LogP contribution < -0.4 is 10.1 Å². The minimum atomic E-state index is -0.580. The van der Waals surface area contributed by atoms with Crippen LogP contribution in [-0.4, -0.2) is 35.4 Å². The number of amides is 2. The second-order valence-electron chi connectivity index (χ2n) is 8.38. The maximum absolute atomic E-state index is 13.2. The van der Waals surface area contributed by atoms with E-state index in [0.717, 1.165) is 46.8 Å². The average Bonchev–Trinajstić information content (AvgIpc) is 3.25. The van der Waals surface area contributed by atoms with Crippen molar-refractivity contribution >= 4 is 27.7 Å². The number of nitrogens with zero attached hydrogens (tertiary/aromatic N) is 1. The summed E-state index contributed by atoms with van der Waals surface area (Å²) in [6, 6.07) is 13.3. The van der Waals surface area contributed by atoms with Crippen molar-refractivity contribution in [1.82, 2.24) is 10.2 Å². The highest BCUT2D eigenvalue weighted by atomic mass is 79.9. The summed E-state index contributed by atoms with van der Waals surface area (Å²) in [5.74, 6) is 0.316. The number of rotatable bonds is 8. The molecule has 0 bridgehead atoms. The molecule has 0 unspecified atom stereocenters. The van der Waals surface area contributed by atoms with E-state index in [9.17, 15) is 9.59 Å². The van der Waals surface area contributed by atoms with Crippen molar-refractivity contribution in [3.05, 3.63) is 63.6 Å². The van der Waals surface area contributed by atoms with Crippen LogP contribution in [0, 0.1) is 13.8 Å². The van der Waals surface area contributed by atoms with Gasteiger partial charge in [0, 0.05) is 17.1 Å². The SMILES string of the molecule is Cc1cccc(CN(C(=O)COc2ccc(Br)c(C)c2)[C@@H](C)C(=O)NC2CCCC2)c1. The van der Waals surface area contributed by atoms with Gasteiger partial charge in [-0.25, -0.2) is 0 Å². The standard InChI is InChI=1S/C25H31BrN2O3/c1-17-7-6-8-20(13-17)15-28(19(3)25(30)27-21-9-4-5-10-21)24(29)16-31-22-11-12-23(26)18(2)14-22/h6-8,11-14,19,21H,4-5,9-10,15-16H2,1-3H3,(H,27,30)/t19-/m0/s1. The lowest BCUT2D eigenvalue weighted by molar-refractivity contribution is -0.142. The third-order valence-corrected chi connectivity index (χ3v) is 6.69. The van der Waals surface area contributed by atoms with E-state index in [-0.39, 0.29) is 24.5 Å². The Hall–Kier alpha value is -2.34. The van der Waals surface area contributed by atoms with Crippen molar-refractivity contribution in [1.29, 1.82) is 0 Å². The number of ether oxygens (including phenoxy) is 1. The highest BCUT2D eigenvalue weighted by molar-refractivity contribution is 9.10. The van der Waals surface area contributed by atoms with E-state index in [1.54, 1.807) is 11.8 Å². The second-order valence-corrected chi connectivity index (χ2v) is 9.23. The first kappa shape index (κ1) is 23.3. The molecule has 0 saturated heterocycles. The molecule has 0 aliphatic heterocycles. The fourth-order valence-electron chi connectivity index (χ4n) is 3.92. The molecule has 1 aliphatic rings. The topological polar surface area (TPSA) is 58.6 Å². The summed E-state index contributed by atoms with van der Waals surface area (Å²) in [7, 11) is 0. The number of aryl methyl sites for hydroxylation is 2. The minimum absolute atomic E-state index is 0.104. The van der Waals surface area contributed by atoms with Crippen LogP contribution in [0.3, 0.4) is 0 Å². The van der Waals surface area contributed by atoms with E-state index in [2.05, 4.69) is 21.2 Å². The van der Waals surface area contributed by atoms with Gasteiger partial charge in [0.2, 0.25) is 5.91 Å². The fourth-order valence-corrected chi connectivity index (χ4v) is 4.16. The van der Waals surface area contributed by atoms with E-state index < -0.39 is 6.04 Å². The molecule has 2 aromatic carbocycles. The van der Waals surface area contributed by atoms with E-state index in [0.29, 0.717) is 12.3 Å². The lowest BCUT2D eigenvalue weighted by atomic mass is 10.1. The van der Waals surface area contributed by atoms with Crippen LogP contribution in [0.25, 0.3) is 0 Å². The Morgan fingerprint density at radius 1 is 1.16 bits per heavy atom. The molecule has 0 spiro atoms. The van der Waals surface area contributed by atoms with Crippen molar-refractivity contribution in [3.8, 4) is 5.75 Å². The van der Waals surface area contributed by atoms with Crippen LogP contribution in [0.4, 0.5) is 0 Å². The number of nitrogens with one attached hydrogen (secondary N) is 1. The summed E-state index contributed by atoms with van der Waals surface area (Å²) in [5, 5.41) is 3.12. The number of benzene rings is 2. The van der Waals surface area contributed by atoms with Crippen LogP contribution in [-0.2, 0) is 16.1 Å². The highest BCUT2D eigenvalue weighted by Crippen LogP contribution is 2.22. The Bertz CT molecular complexity index is 925. The fraction of sp³-hybridized carbons (Fsp3) is 0.440. The van der Waals surface area contributed by atoms with Gasteiger partial charge in [0.1, 0.15) is 11.8 Å². The number of hydrogen-bond donors (Lipinski definition) is 1.